The van der Waals surface area contributed by atoms with Gasteiger partial charge in [-0.3, -0.25) is 0 Å². The molecule has 0 saturated carbocycles. The third-order valence-electron chi connectivity index (χ3n) is 2.86. The maximum absolute atomic E-state index is 12.3. The molecule has 2 heterocycles. The van der Waals surface area contributed by atoms with Crippen LogP contribution >= 0.6 is 11.3 Å². The lowest BCUT2D eigenvalue weighted by Crippen LogP contribution is -2.34. The quantitative estimate of drug-likeness (QED) is 0.851. The molecule has 1 aliphatic heterocycles. The third-order valence-corrected chi connectivity index (χ3v) is 5.85. The molecule has 1 N–H and O–H groups in total. The van der Waals surface area contributed by atoms with Crippen molar-refractivity contribution in [2.24, 2.45) is 0 Å². The zero-order valence-corrected chi connectivity index (χ0v) is 11.2. The fraction of sp³-hybridized carbons (Fsp3) is 0.455. The van der Waals surface area contributed by atoms with Crippen molar-refractivity contribution >= 4 is 21.4 Å². The Morgan fingerprint density at radius 2 is 2.29 bits per heavy atom. The van der Waals surface area contributed by atoms with Crippen molar-refractivity contribution in [3.05, 3.63) is 28.0 Å². The average Bonchev–Trinajstić information content (AvgIpc) is 2.78. The maximum atomic E-state index is 12.3. The summed E-state index contributed by atoms with van der Waals surface area (Å²) in [6.45, 7) is 2.73. The van der Waals surface area contributed by atoms with E-state index in [1.807, 2.05) is 13.0 Å². The predicted molar refractivity (Wildman–Crippen MR) is 67.4 cm³/mol. The molecule has 4 nitrogen and oxygen atoms in total. The zero-order valence-electron chi connectivity index (χ0n) is 9.59. The van der Waals surface area contributed by atoms with E-state index in [9.17, 15) is 8.42 Å². The van der Waals surface area contributed by atoms with Crippen LogP contribution in [0.1, 0.15) is 18.2 Å². The summed E-state index contributed by atoms with van der Waals surface area (Å²) in [5, 5.41) is 10.8. The Balaban J connectivity index is 2.31. The molecule has 1 aromatic rings. The van der Waals surface area contributed by atoms with E-state index in [0.29, 0.717) is 18.0 Å². The Bertz CT molecular complexity index is 531. The van der Waals surface area contributed by atoms with Crippen LogP contribution in [0.25, 0.3) is 0 Å². The highest BCUT2D eigenvalue weighted by Gasteiger charge is 2.28. The lowest BCUT2D eigenvalue weighted by Gasteiger charge is -2.24. The molecule has 1 aromatic heterocycles. The van der Waals surface area contributed by atoms with Gasteiger partial charge in [-0.25, -0.2) is 8.42 Å². The molecule has 0 atom stereocenters. The second-order valence-corrected chi connectivity index (χ2v) is 6.94. The highest BCUT2D eigenvalue weighted by molar-refractivity contribution is 7.89. The van der Waals surface area contributed by atoms with Gasteiger partial charge < -0.3 is 5.11 Å². The fourth-order valence-electron chi connectivity index (χ4n) is 1.78. The second kappa shape index (κ2) is 4.89. The first-order valence-corrected chi connectivity index (χ1v) is 7.70. The number of aliphatic hydroxyl groups is 1. The number of rotatable bonds is 3. The Hall–Kier alpha value is -0.690. The molecule has 94 valence electrons. The van der Waals surface area contributed by atoms with Gasteiger partial charge in [-0.05, 0) is 24.8 Å². The van der Waals surface area contributed by atoms with Crippen molar-refractivity contribution < 1.29 is 13.5 Å². The summed E-state index contributed by atoms with van der Waals surface area (Å²) < 4.78 is 26.1. The number of hydrogen-bond donors (Lipinski definition) is 1. The summed E-state index contributed by atoms with van der Waals surface area (Å²) in [6.07, 6.45) is 2.71. The molecule has 0 spiro atoms. The van der Waals surface area contributed by atoms with Gasteiger partial charge in [-0.2, -0.15) is 4.31 Å². The van der Waals surface area contributed by atoms with Crippen molar-refractivity contribution in [3.8, 4) is 0 Å². The van der Waals surface area contributed by atoms with Gasteiger partial charge >= 0.3 is 0 Å². The van der Waals surface area contributed by atoms with E-state index in [4.69, 9.17) is 5.11 Å². The molecule has 0 aromatic carbocycles. The average molecular weight is 273 g/mol. The van der Waals surface area contributed by atoms with Crippen molar-refractivity contribution in [2.75, 3.05) is 13.1 Å². The van der Waals surface area contributed by atoms with Crippen molar-refractivity contribution in [1.82, 2.24) is 4.31 Å². The van der Waals surface area contributed by atoms with Crippen LogP contribution in [0.4, 0.5) is 0 Å². The van der Waals surface area contributed by atoms with Crippen LogP contribution < -0.4 is 0 Å². The number of hydrogen-bond acceptors (Lipinski definition) is 4. The highest BCUT2D eigenvalue weighted by Crippen LogP contribution is 2.26. The minimum absolute atomic E-state index is 0.227. The summed E-state index contributed by atoms with van der Waals surface area (Å²) in [7, 11) is -3.45. The number of nitrogens with zero attached hydrogens (tertiary/aromatic N) is 1. The van der Waals surface area contributed by atoms with Gasteiger partial charge in [0.25, 0.3) is 0 Å². The normalized spacial score (nSPS) is 18.1. The van der Waals surface area contributed by atoms with Gasteiger partial charge in [0.1, 0.15) is 0 Å². The van der Waals surface area contributed by atoms with Gasteiger partial charge in [0.05, 0.1) is 11.5 Å². The van der Waals surface area contributed by atoms with Crippen LogP contribution in [0.5, 0.6) is 0 Å². The molecule has 0 bridgehead atoms. The lowest BCUT2D eigenvalue weighted by molar-refractivity contribution is 0.282. The zero-order chi connectivity index (χ0) is 12.5. The summed E-state index contributed by atoms with van der Waals surface area (Å²) in [5.41, 5.74) is 1.23. The Kier molecular flexibility index (Phi) is 3.67. The van der Waals surface area contributed by atoms with Crippen LogP contribution in [0.2, 0.25) is 0 Å². The summed E-state index contributed by atoms with van der Waals surface area (Å²) >= 11 is 1.27. The first-order valence-electron chi connectivity index (χ1n) is 5.38. The first kappa shape index (κ1) is 12.8. The van der Waals surface area contributed by atoms with Gasteiger partial charge in [0, 0.05) is 18.0 Å². The second-order valence-electron chi connectivity index (χ2n) is 4.03. The molecule has 0 radical (unpaired) electrons. The molecule has 6 heteroatoms. The van der Waals surface area contributed by atoms with Gasteiger partial charge in [0.2, 0.25) is 10.0 Å². The van der Waals surface area contributed by atoms with E-state index >= 15 is 0 Å². The van der Waals surface area contributed by atoms with Crippen LogP contribution in [0, 0.1) is 0 Å². The van der Waals surface area contributed by atoms with E-state index in [-0.39, 0.29) is 11.5 Å². The predicted octanol–water partition coefficient (Wildman–Crippen LogP) is 1.58. The molecule has 0 saturated heterocycles. The number of aliphatic hydroxyl groups excluding tert-OH is 1. The summed E-state index contributed by atoms with van der Waals surface area (Å²) in [5.74, 6) is 0. The minimum atomic E-state index is -3.45. The van der Waals surface area contributed by atoms with Crippen molar-refractivity contribution in [2.45, 2.75) is 24.8 Å². The Morgan fingerprint density at radius 1 is 1.53 bits per heavy atom. The van der Waals surface area contributed by atoms with E-state index in [1.165, 1.54) is 21.2 Å². The van der Waals surface area contributed by atoms with Crippen LogP contribution in [-0.4, -0.2) is 30.9 Å². The SMILES string of the molecule is CC1=CCN(S(=O)(=O)c2ccsc2CO)CC1. The van der Waals surface area contributed by atoms with E-state index in [0.717, 1.165) is 6.42 Å². The molecular formula is C11H15NO3S2. The van der Waals surface area contributed by atoms with Crippen LogP contribution in [-0.2, 0) is 16.6 Å². The van der Waals surface area contributed by atoms with Crippen molar-refractivity contribution in [1.29, 1.82) is 0 Å². The van der Waals surface area contributed by atoms with E-state index in [2.05, 4.69) is 0 Å². The monoisotopic (exact) mass is 273 g/mol. The summed E-state index contributed by atoms with van der Waals surface area (Å²) in [4.78, 5) is 0.759. The fourth-order valence-corrected chi connectivity index (χ4v) is 4.43. The molecule has 0 aliphatic carbocycles. The molecule has 1 aliphatic rings. The summed E-state index contributed by atoms with van der Waals surface area (Å²) in [6, 6.07) is 1.57. The van der Waals surface area contributed by atoms with Gasteiger partial charge in [0.15, 0.2) is 0 Å². The van der Waals surface area contributed by atoms with Gasteiger partial charge in [-0.15, -0.1) is 11.3 Å². The van der Waals surface area contributed by atoms with Gasteiger partial charge in [-0.1, -0.05) is 11.6 Å². The molecule has 17 heavy (non-hydrogen) atoms. The van der Waals surface area contributed by atoms with E-state index in [1.54, 1.807) is 11.4 Å². The Labute approximate surface area is 105 Å². The lowest BCUT2D eigenvalue weighted by atomic mass is 10.1. The number of thiophene rings is 1. The first-order chi connectivity index (χ1) is 8.05. The third kappa shape index (κ3) is 2.44. The van der Waals surface area contributed by atoms with Crippen LogP contribution in [0.15, 0.2) is 28.0 Å². The largest absolute Gasteiger partial charge is 0.391 e. The van der Waals surface area contributed by atoms with Crippen LogP contribution in [0.3, 0.4) is 0 Å². The Morgan fingerprint density at radius 3 is 2.88 bits per heavy atom. The highest BCUT2D eigenvalue weighted by atomic mass is 32.2. The molecule has 0 fully saturated rings. The molecule has 0 amide bonds. The maximum Gasteiger partial charge on any atom is 0.244 e. The number of sulfonamides is 1. The smallest absolute Gasteiger partial charge is 0.244 e. The topological polar surface area (TPSA) is 57.6 Å². The van der Waals surface area contributed by atoms with E-state index < -0.39 is 10.0 Å². The molecule has 2 rings (SSSR count). The molecular weight excluding hydrogens is 258 g/mol. The molecule has 0 unspecified atom stereocenters. The minimum Gasteiger partial charge on any atom is -0.391 e. The standard InChI is InChI=1S/C11H15NO3S2/c1-9-2-5-12(6-3-9)17(14,15)11-4-7-16-10(11)8-13/h2,4,7,13H,3,5-6,8H2,1H3. The van der Waals surface area contributed by atoms with Crippen molar-refractivity contribution in [3.63, 3.8) is 0 Å².